The van der Waals surface area contributed by atoms with Crippen LogP contribution in [0.5, 0.6) is 0 Å². The molecule has 0 atom stereocenters. The van der Waals surface area contributed by atoms with Crippen LogP contribution in [0.4, 0.5) is 17.1 Å². The van der Waals surface area contributed by atoms with Crippen molar-refractivity contribution in [1.29, 1.82) is 0 Å². The van der Waals surface area contributed by atoms with Crippen LogP contribution in [0.15, 0.2) is 203 Å². The zero-order chi connectivity index (χ0) is 37.5. The Labute approximate surface area is 327 Å². The lowest BCUT2D eigenvalue weighted by atomic mass is 9.99. The number of para-hydroxylation sites is 3. The summed E-state index contributed by atoms with van der Waals surface area (Å²) in [5, 5.41) is 10.2. The van der Waals surface area contributed by atoms with Crippen molar-refractivity contribution in [2.45, 2.75) is 0 Å². The molecule has 57 heavy (non-hydrogen) atoms. The van der Waals surface area contributed by atoms with Gasteiger partial charge in [0.15, 0.2) is 0 Å². The maximum Gasteiger partial charge on any atom is 0.136 e. The maximum absolute atomic E-state index is 6.31. The van der Waals surface area contributed by atoms with Gasteiger partial charge in [0.2, 0.25) is 0 Å². The van der Waals surface area contributed by atoms with Gasteiger partial charge in [-0.3, -0.25) is 4.98 Å². The number of nitrogens with zero attached hydrogens (tertiary/aromatic N) is 2. The van der Waals surface area contributed by atoms with Crippen molar-refractivity contribution in [2.75, 3.05) is 4.90 Å². The quantitative estimate of drug-likeness (QED) is 0.177. The second-order valence-electron chi connectivity index (χ2n) is 14.8. The number of fused-ring (bicyclic) bond motifs is 9. The third kappa shape index (κ3) is 5.26. The molecule has 0 fully saturated rings. The van der Waals surface area contributed by atoms with Gasteiger partial charge in [-0.05, 0) is 123 Å². The van der Waals surface area contributed by atoms with E-state index in [9.17, 15) is 0 Å². The fourth-order valence-corrected chi connectivity index (χ4v) is 8.52. The van der Waals surface area contributed by atoms with Crippen LogP contribution in [0, 0.1) is 0 Å². The Morgan fingerprint density at radius 2 is 0.807 bits per heavy atom. The van der Waals surface area contributed by atoms with E-state index in [1.165, 1.54) is 10.8 Å². The number of hydrogen-bond donors (Lipinski definition) is 0. The summed E-state index contributed by atoms with van der Waals surface area (Å²) in [6, 6.07) is 66.8. The minimum atomic E-state index is 0.889. The van der Waals surface area contributed by atoms with Crippen LogP contribution in [-0.4, -0.2) is 4.98 Å². The first-order chi connectivity index (χ1) is 28.2. The monoisotopic (exact) mass is 728 g/mol. The SMILES string of the molecule is c1ccc2ncc(-c3ccc(-c4ccc(N(c5ccc6cc7c(cc6c5)oc5ccccc57)c5ccc6cc7c(cc6c5)oc5ccccc57)cc4)cc3)cc2c1. The summed E-state index contributed by atoms with van der Waals surface area (Å²) >= 11 is 0. The number of benzene rings is 9. The predicted molar refractivity (Wildman–Crippen MR) is 237 cm³/mol. The Bertz CT molecular complexity index is 3370. The molecule has 0 spiro atoms. The van der Waals surface area contributed by atoms with Crippen molar-refractivity contribution in [3.05, 3.63) is 194 Å². The molecule has 0 saturated carbocycles. The first kappa shape index (κ1) is 31.6. The summed E-state index contributed by atoms with van der Waals surface area (Å²) in [6.45, 7) is 0. The molecule has 9 aromatic carbocycles. The Hall–Kier alpha value is -7.69. The van der Waals surface area contributed by atoms with Gasteiger partial charge in [-0.2, -0.15) is 0 Å². The van der Waals surface area contributed by atoms with Gasteiger partial charge in [-0.25, -0.2) is 0 Å². The Morgan fingerprint density at radius 3 is 1.40 bits per heavy atom. The molecule has 12 aromatic rings. The standard InChI is InChI=1S/C53H32N2O2/c1-4-10-49-38(7-1)25-41(32-54-49)35-15-13-33(14-16-35)34-17-21-42(22-18-34)55(43-23-19-36-28-47-45-8-2-5-11-50(45)56-52(47)30-39(36)26-43)44-24-20-37-29-48-46-9-3-6-12-51(46)57-53(48)31-40(37)27-44/h1-32H. The lowest BCUT2D eigenvalue weighted by Gasteiger charge is -2.26. The van der Waals surface area contributed by atoms with Gasteiger partial charge in [-0.1, -0.05) is 103 Å². The van der Waals surface area contributed by atoms with E-state index in [0.717, 1.165) is 105 Å². The Balaban J connectivity index is 0.956. The number of rotatable bonds is 5. The van der Waals surface area contributed by atoms with Crippen LogP contribution in [-0.2, 0) is 0 Å². The minimum absolute atomic E-state index is 0.889. The third-order valence-corrected chi connectivity index (χ3v) is 11.4. The summed E-state index contributed by atoms with van der Waals surface area (Å²) in [5.41, 5.74) is 12.3. The smallest absolute Gasteiger partial charge is 0.136 e. The second-order valence-corrected chi connectivity index (χ2v) is 14.8. The zero-order valence-corrected chi connectivity index (χ0v) is 30.7. The highest BCUT2D eigenvalue weighted by molar-refractivity contribution is 6.12. The van der Waals surface area contributed by atoms with Gasteiger partial charge in [0, 0.05) is 55.8 Å². The Morgan fingerprint density at radius 1 is 0.316 bits per heavy atom. The minimum Gasteiger partial charge on any atom is -0.456 e. The van der Waals surface area contributed by atoms with Crippen LogP contribution in [0.2, 0.25) is 0 Å². The number of aromatic nitrogens is 1. The van der Waals surface area contributed by atoms with Gasteiger partial charge in [0.25, 0.3) is 0 Å². The van der Waals surface area contributed by atoms with E-state index >= 15 is 0 Å². The van der Waals surface area contributed by atoms with E-state index in [0.29, 0.717) is 0 Å². The fourth-order valence-electron chi connectivity index (χ4n) is 8.52. The number of pyridine rings is 1. The maximum atomic E-state index is 6.31. The average molecular weight is 729 g/mol. The summed E-state index contributed by atoms with van der Waals surface area (Å²) in [5.74, 6) is 0. The van der Waals surface area contributed by atoms with Crippen LogP contribution in [0.25, 0.3) is 98.6 Å². The first-order valence-corrected chi connectivity index (χ1v) is 19.2. The van der Waals surface area contributed by atoms with Gasteiger partial charge >= 0.3 is 0 Å². The lowest BCUT2D eigenvalue weighted by molar-refractivity contribution is 0.669. The van der Waals surface area contributed by atoms with Crippen LogP contribution < -0.4 is 4.90 Å². The van der Waals surface area contributed by atoms with E-state index in [1.54, 1.807) is 0 Å². The molecule has 12 rings (SSSR count). The molecule has 0 N–H and O–H groups in total. The Kier molecular flexibility index (Phi) is 6.89. The van der Waals surface area contributed by atoms with Crippen molar-refractivity contribution in [3.63, 3.8) is 0 Å². The molecule has 0 unspecified atom stereocenters. The molecular weight excluding hydrogens is 697 g/mol. The molecule has 266 valence electrons. The van der Waals surface area contributed by atoms with Crippen molar-refractivity contribution in [1.82, 2.24) is 4.98 Å². The molecule has 0 aliphatic carbocycles. The van der Waals surface area contributed by atoms with Crippen molar-refractivity contribution in [3.8, 4) is 22.3 Å². The molecule has 4 nitrogen and oxygen atoms in total. The summed E-state index contributed by atoms with van der Waals surface area (Å²) < 4.78 is 12.6. The molecule has 0 radical (unpaired) electrons. The normalized spacial score (nSPS) is 11.9. The van der Waals surface area contributed by atoms with E-state index in [4.69, 9.17) is 8.83 Å². The zero-order valence-electron chi connectivity index (χ0n) is 30.7. The molecule has 0 amide bonds. The van der Waals surface area contributed by atoms with Gasteiger partial charge in [-0.15, -0.1) is 0 Å². The average Bonchev–Trinajstić information content (AvgIpc) is 3.82. The molecule has 0 saturated heterocycles. The third-order valence-electron chi connectivity index (χ3n) is 11.4. The highest BCUT2D eigenvalue weighted by Crippen LogP contribution is 2.41. The van der Waals surface area contributed by atoms with Crippen LogP contribution in [0.3, 0.4) is 0 Å². The van der Waals surface area contributed by atoms with Crippen molar-refractivity contribution >= 4 is 93.4 Å². The van der Waals surface area contributed by atoms with Gasteiger partial charge in [0.05, 0.1) is 5.52 Å². The van der Waals surface area contributed by atoms with Crippen LogP contribution in [0.1, 0.15) is 0 Å². The fraction of sp³-hybridized carbons (Fsp3) is 0. The molecule has 0 bridgehead atoms. The number of furan rings is 2. The van der Waals surface area contributed by atoms with Gasteiger partial charge < -0.3 is 13.7 Å². The molecular formula is C53H32N2O2. The summed E-state index contributed by atoms with van der Waals surface area (Å²) in [4.78, 5) is 7.02. The molecule has 3 heterocycles. The van der Waals surface area contributed by atoms with Crippen LogP contribution >= 0.6 is 0 Å². The molecule has 4 heteroatoms. The number of anilines is 3. The van der Waals surface area contributed by atoms with E-state index in [1.807, 2.05) is 42.6 Å². The van der Waals surface area contributed by atoms with E-state index < -0.39 is 0 Å². The predicted octanol–water partition coefficient (Wildman–Crippen LogP) is 15.1. The molecule has 0 aliphatic rings. The topological polar surface area (TPSA) is 42.4 Å². The van der Waals surface area contributed by atoms with E-state index in [2.05, 4.69) is 162 Å². The highest BCUT2D eigenvalue weighted by Gasteiger charge is 2.17. The number of hydrogen-bond acceptors (Lipinski definition) is 4. The first-order valence-electron chi connectivity index (χ1n) is 19.2. The van der Waals surface area contributed by atoms with Crippen molar-refractivity contribution in [2.24, 2.45) is 0 Å². The largest absolute Gasteiger partial charge is 0.456 e. The van der Waals surface area contributed by atoms with Gasteiger partial charge in [0.1, 0.15) is 22.3 Å². The van der Waals surface area contributed by atoms with E-state index in [-0.39, 0.29) is 0 Å². The molecule has 0 aliphatic heterocycles. The lowest BCUT2D eigenvalue weighted by Crippen LogP contribution is -2.09. The van der Waals surface area contributed by atoms with Crippen molar-refractivity contribution < 1.29 is 8.83 Å². The molecule has 3 aromatic heterocycles. The summed E-state index contributed by atoms with van der Waals surface area (Å²) in [6.07, 6.45) is 1.96. The summed E-state index contributed by atoms with van der Waals surface area (Å²) in [7, 11) is 0. The second kappa shape index (κ2) is 12.4. The highest BCUT2D eigenvalue weighted by atomic mass is 16.3.